The largest absolute Gasteiger partial charge is 0.470 e. The van der Waals surface area contributed by atoms with Crippen LogP contribution in [0.3, 0.4) is 0 Å². The van der Waals surface area contributed by atoms with Gasteiger partial charge >= 0.3 is 0 Å². The van der Waals surface area contributed by atoms with Crippen molar-refractivity contribution >= 4 is 63.0 Å². The molecule has 4 rings (SSSR count). The van der Waals surface area contributed by atoms with Gasteiger partial charge in [-0.2, -0.15) is 5.10 Å². The summed E-state index contributed by atoms with van der Waals surface area (Å²) in [4.78, 5) is 6.64. The average Bonchev–Trinajstić information content (AvgIpc) is 2.85. The fourth-order valence-corrected chi connectivity index (χ4v) is 5.16. The molecule has 1 aliphatic heterocycles. The number of halogens is 3. The van der Waals surface area contributed by atoms with Crippen molar-refractivity contribution in [1.29, 1.82) is 5.41 Å². The molecule has 5 N–H and O–H groups in total. The standard InChI is InChI=1S/C22H23Cl3N8O2S/c1-36(34)33-6-4-32(5-7-33)18-3-2-12(10-29-18)20(27)13-8-17(14(23)9-16(13)26)35-22(28)19-15(24)11-30-31-21(19)25/h2-3,8-11,22,27H,4-7,26,28H2,1H3/t22-,36?/m0/s1. The van der Waals surface area contributed by atoms with E-state index in [1.807, 2.05) is 10.4 Å². The van der Waals surface area contributed by atoms with E-state index in [9.17, 15) is 4.21 Å². The molecule has 2 aromatic heterocycles. The summed E-state index contributed by atoms with van der Waals surface area (Å²) in [6, 6.07) is 6.68. The summed E-state index contributed by atoms with van der Waals surface area (Å²) in [6.07, 6.45) is 3.51. The predicted molar refractivity (Wildman–Crippen MR) is 143 cm³/mol. The zero-order valence-electron chi connectivity index (χ0n) is 19.1. The number of anilines is 2. The molecule has 0 saturated carbocycles. The number of piperazine rings is 1. The van der Waals surface area contributed by atoms with E-state index < -0.39 is 17.2 Å². The minimum absolute atomic E-state index is 0.00469. The maximum atomic E-state index is 11.7. The van der Waals surface area contributed by atoms with Gasteiger partial charge in [0, 0.05) is 55.4 Å². The third kappa shape index (κ3) is 5.72. The first-order valence-corrected chi connectivity index (χ1v) is 13.4. The van der Waals surface area contributed by atoms with Gasteiger partial charge in [0.2, 0.25) is 0 Å². The minimum atomic E-state index is -1.09. The molecule has 1 fully saturated rings. The second-order valence-electron chi connectivity index (χ2n) is 7.93. The van der Waals surface area contributed by atoms with Crippen molar-refractivity contribution in [3.8, 4) is 5.75 Å². The summed E-state index contributed by atoms with van der Waals surface area (Å²) in [6.45, 7) is 2.83. The lowest BCUT2D eigenvalue weighted by atomic mass is 10.0. The number of benzene rings is 1. The van der Waals surface area contributed by atoms with Gasteiger partial charge in [-0.05, 0) is 24.3 Å². The summed E-state index contributed by atoms with van der Waals surface area (Å²) in [7, 11) is -0.978. The Kier molecular flexibility index (Phi) is 8.28. The van der Waals surface area contributed by atoms with Crippen LogP contribution in [-0.4, -0.2) is 61.8 Å². The molecular formula is C22H23Cl3N8O2S. The zero-order chi connectivity index (χ0) is 26.0. The van der Waals surface area contributed by atoms with E-state index in [-0.39, 0.29) is 32.2 Å². The molecule has 10 nitrogen and oxygen atoms in total. The third-order valence-corrected chi connectivity index (χ3v) is 7.64. The van der Waals surface area contributed by atoms with E-state index >= 15 is 0 Å². The molecule has 0 radical (unpaired) electrons. The van der Waals surface area contributed by atoms with Crippen molar-refractivity contribution in [2.24, 2.45) is 5.73 Å². The number of ether oxygens (including phenoxy) is 1. The smallest absolute Gasteiger partial charge is 0.178 e. The van der Waals surface area contributed by atoms with E-state index in [0.29, 0.717) is 29.9 Å². The Hall–Kier alpha value is -2.54. The molecule has 1 aliphatic rings. The Morgan fingerprint density at radius 3 is 2.47 bits per heavy atom. The van der Waals surface area contributed by atoms with E-state index in [1.54, 1.807) is 18.5 Å². The molecule has 1 aromatic carbocycles. The second-order valence-corrected chi connectivity index (χ2v) is 10.5. The van der Waals surface area contributed by atoms with Gasteiger partial charge in [-0.1, -0.05) is 34.8 Å². The van der Waals surface area contributed by atoms with Gasteiger partial charge in [-0.25, -0.2) is 13.5 Å². The van der Waals surface area contributed by atoms with Crippen LogP contribution in [0.25, 0.3) is 0 Å². The van der Waals surface area contributed by atoms with E-state index in [4.69, 9.17) is 56.4 Å². The maximum Gasteiger partial charge on any atom is 0.178 e. The van der Waals surface area contributed by atoms with Gasteiger partial charge in [-0.3, -0.25) is 11.1 Å². The number of nitrogens with two attached hydrogens (primary N) is 2. The molecule has 0 spiro atoms. The number of nitrogens with one attached hydrogen (secondary N) is 1. The fourth-order valence-electron chi connectivity index (χ4n) is 3.73. The summed E-state index contributed by atoms with van der Waals surface area (Å²) >= 11 is 18.6. The van der Waals surface area contributed by atoms with Crippen LogP contribution >= 0.6 is 34.8 Å². The number of nitrogen functional groups attached to an aromatic ring is 1. The Labute approximate surface area is 225 Å². The highest BCUT2D eigenvalue weighted by molar-refractivity contribution is 7.81. The molecular weight excluding hydrogens is 547 g/mol. The molecule has 2 atom stereocenters. The molecule has 14 heteroatoms. The number of pyridine rings is 1. The minimum Gasteiger partial charge on any atom is -0.470 e. The van der Waals surface area contributed by atoms with Gasteiger partial charge in [-0.15, -0.1) is 5.10 Å². The third-order valence-electron chi connectivity index (χ3n) is 5.67. The molecule has 36 heavy (non-hydrogen) atoms. The molecule has 0 aliphatic carbocycles. The van der Waals surface area contributed by atoms with Crippen molar-refractivity contribution < 1.29 is 8.95 Å². The van der Waals surface area contributed by atoms with Crippen LogP contribution in [0.1, 0.15) is 22.9 Å². The van der Waals surface area contributed by atoms with Crippen LogP contribution in [0.4, 0.5) is 11.5 Å². The van der Waals surface area contributed by atoms with Crippen LogP contribution in [0.5, 0.6) is 5.75 Å². The first kappa shape index (κ1) is 26.5. The molecule has 1 saturated heterocycles. The molecule has 1 unspecified atom stereocenters. The quantitative estimate of drug-likeness (QED) is 0.223. The normalized spacial score (nSPS) is 16.0. The number of hydrogen-bond donors (Lipinski definition) is 3. The zero-order valence-corrected chi connectivity index (χ0v) is 22.2. The maximum absolute atomic E-state index is 11.7. The van der Waals surface area contributed by atoms with Gasteiger partial charge in [0.15, 0.2) is 11.4 Å². The average molecular weight is 570 g/mol. The van der Waals surface area contributed by atoms with E-state index in [2.05, 4.69) is 20.1 Å². The summed E-state index contributed by atoms with van der Waals surface area (Å²) in [5.74, 6) is 0.977. The van der Waals surface area contributed by atoms with E-state index in [1.165, 1.54) is 18.3 Å². The first-order chi connectivity index (χ1) is 17.2. The van der Waals surface area contributed by atoms with Crippen molar-refractivity contribution in [1.82, 2.24) is 19.5 Å². The molecule has 0 bridgehead atoms. The lowest BCUT2D eigenvalue weighted by molar-refractivity contribution is 0.214. The SMILES string of the molecule is CS(=O)N1CCN(c2ccc(C(=N)c3cc(O[C@H](N)c4c(Cl)cnnc4Cl)c(Cl)cc3N)cn2)CC1. The molecule has 190 valence electrons. The Balaban J connectivity index is 1.53. The summed E-state index contributed by atoms with van der Waals surface area (Å²) in [5.41, 5.74) is 13.9. The highest BCUT2D eigenvalue weighted by Crippen LogP contribution is 2.35. The molecule has 3 heterocycles. The van der Waals surface area contributed by atoms with Crippen LogP contribution in [0, 0.1) is 5.41 Å². The predicted octanol–water partition coefficient (Wildman–Crippen LogP) is 3.28. The Morgan fingerprint density at radius 1 is 1.14 bits per heavy atom. The van der Waals surface area contributed by atoms with Gasteiger partial charge < -0.3 is 15.4 Å². The summed E-state index contributed by atoms with van der Waals surface area (Å²) < 4.78 is 19.4. The number of nitrogens with zero attached hydrogens (tertiary/aromatic N) is 5. The van der Waals surface area contributed by atoms with E-state index in [0.717, 1.165) is 18.9 Å². The van der Waals surface area contributed by atoms with Gasteiger partial charge in [0.1, 0.15) is 11.6 Å². The summed E-state index contributed by atoms with van der Waals surface area (Å²) in [5, 5.41) is 16.5. The highest BCUT2D eigenvalue weighted by atomic mass is 35.5. The van der Waals surface area contributed by atoms with Gasteiger partial charge in [0.25, 0.3) is 0 Å². The van der Waals surface area contributed by atoms with Crippen molar-refractivity contribution in [2.75, 3.05) is 43.1 Å². The Bertz CT molecular complexity index is 1280. The van der Waals surface area contributed by atoms with Crippen molar-refractivity contribution in [3.63, 3.8) is 0 Å². The molecule has 3 aromatic rings. The van der Waals surface area contributed by atoms with Crippen LogP contribution < -0.4 is 21.1 Å². The highest BCUT2D eigenvalue weighted by Gasteiger charge is 2.22. The lowest BCUT2D eigenvalue weighted by Crippen LogP contribution is -2.47. The van der Waals surface area contributed by atoms with Gasteiger partial charge in [0.05, 0.1) is 38.5 Å². The second kappa shape index (κ2) is 11.2. The number of hydrogen-bond acceptors (Lipinski definition) is 9. The number of aromatic nitrogens is 3. The topological polar surface area (TPSA) is 147 Å². The monoisotopic (exact) mass is 568 g/mol. The lowest BCUT2D eigenvalue weighted by Gasteiger charge is -2.33. The Morgan fingerprint density at radius 2 is 1.86 bits per heavy atom. The van der Waals surface area contributed by atoms with Crippen LogP contribution in [-0.2, 0) is 11.0 Å². The fraction of sp³-hybridized carbons (Fsp3) is 0.273. The number of rotatable bonds is 7. The first-order valence-electron chi connectivity index (χ1n) is 10.7. The molecule has 0 amide bonds. The van der Waals surface area contributed by atoms with Crippen molar-refractivity contribution in [2.45, 2.75) is 6.23 Å². The van der Waals surface area contributed by atoms with Crippen LogP contribution in [0.15, 0.2) is 36.7 Å². The van der Waals surface area contributed by atoms with Crippen LogP contribution in [0.2, 0.25) is 15.2 Å². The van der Waals surface area contributed by atoms with Crippen molar-refractivity contribution in [3.05, 3.63) is 68.5 Å².